The van der Waals surface area contributed by atoms with Crippen LogP contribution in [0.25, 0.3) is 0 Å². The van der Waals surface area contributed by atoms with Crippen molar-refractivity contribution in [2.75, 3.05) is 5.75 Å². The monoisotopic (exact) mass is 211 g/mol. The van der Waals surface area contributed by atoms with Gasteiger partial charge in [0, 0.05) is 11.3 Å². The summed E-state index contributed by atoms with van der Waals surface area (Å²) in [6.07, 6.45) is 1.28. The molecule has 0 saturated carbocycles. The maximum atomic E-state index is 5.51. The highest BCUT2D eigenvalue weighted by atomic mass is 32.2. The van der Waals surface area contributed by atoms with E-state index in [1.807, 2.05) is 13.0 Å². The molecule has 1 aromatic rings. The molecule has 2 atom stereocenters. The van der Waals surface area contributed by atoms with Crippen molar-refractivity contribution >= 4 is 11.8 Å². The van der Waals surface area contributed by atoms with Crippen LogP contribution in [0.2, 0.25) is 0 Å². The second-order valence-corrected chi connectivity index (χ2v) is 5.35. The van der Waals surface area contributed by atoms with Crippen molar-refractivity contribution in [1.82, 2.24) is 5.32 Å². The molecule has 0 bridgehead atoms. The largest absolute Gasteiger partial charge is 0.465 e. The van der Waals surface area contributed by atoms with Crippen molar-refractivity contribution in [1.29, 1.82) is 0 Å². The first-order valence-electron chi connectivity index (χ1n) is 5.16. The Kier molecular flexibility index (Phi) is 3.19. The number of furan rings is 1. The number of hydrogen-bond acceptors (Lipinski definition) is 3. The number of aryl methyl sites for hydroxylation is 1. The molecule has 0 aromatic carbocycles. The lowest BCUT2D eigenvalue weighted by molar-refractivity contribution is 0.430. The Morgan fingerprint density at radius 1 is 1.57 bits per heavy atom. The average Bonchev–Trinajstić information content (AvgIpc) is 2.72. The van der Waals surface area contributed by atoms with Crippen molar-refractivity contribution in [3.8, 4) is 0 Å². The van der Waals surface area contributed by atoms with E-state index < -0.39 is 0 Å². The van der Waals surface area contributed by atoms with Crippen LogP contribution < -0.4 is 5.32 Å². The maximum Gasteiger partial charge on any atom is 0.117 e. The molecule has 0 aliphatic carbocycles. The standard InChI is InChI=1S/C11H17NOS/c1-8-3-4-10(13-8)7-12-11-5-6-14-9(11)2/h3-4,9,11-12H,5-7H2,1-2H3. The zero-order valence-electron chi connectivity index (χ0n) is 8.75. The van der Waals surface area contributed by atoms with Gasteiger partial charge in [0.2, 0.25) is 0 Å². The number of nitrogens with one attached hydrogen (secondary N) is 1. The van der Waals surface area contributed by atoms with E-state index >= 15 is 0 Å². The molecule has 0 amide bonds. The van der Waals surface area contributed by atoms with Crippen LogP contribution in [0.4, 0.5) is 0 Å². The smallest absolute Gasteiger partial charge is 0.117 e. The summed E-state index contributed by atoms with van der Waals surface area (Å²) in [5.41, 5.74) is 0. The van der Waals surface area contributed by atoms with Gasteiger partial charge in [0.1, 0.15) is 11.5 Å². The van der Waals surface area contributed by atoms with E-state index in [4.69, 9.17) is 4.42 Å². The SMILES string of the molecule is Cc1ccc(CNC2CCSC2C)o1. The fraction of sp³-hybridized carbons (Fsp3) is 0.636. The summed E-state index contributed by atoms with van der Waals surface area (Å²) in [4.78, 5) is 0. The lowest BCUT2D eigenvalue weighted by Gasteiger charge is -2.15. The third kappa shape index (κ3) is 2.34. The summed E-state index contributed by atoms with van der Waals surface area (Å²) in [6, 6.07) is 4.73. The first kappa shape index (κ1) is 10.1. The van der Waals surface area contributed by atoms with Gasteiger partial charge in [-0.1, -0.05) is 6.92 Å². The molecule has 0 spiro atoms. The molecule has 1 aliphatic rings. The molecule has 2 heterocycles. The molecule has 1 N–H and O–H groups in total. The molecule has 1 saturated heterocycles. The molecule has 14 heavy (non-hydrogen) atoms. The lowest BCUT2D eigenvalue weighted by atomic mass is 10.2. The Hall–Kier alpha value is -0.410. The van der Waals surface area contributed by atoms with Crippen LogP contribution >= 0.6 is 11.8 Å². The average molecular weight is 211 g/mol. The van der Waals surface area contributed by atoms with Gasteiger partial charge in [0.15, 0.2) is 0 Å². The van der Waals surface area contributed by atoms with Gasteiger partial charge in [-0.15, -0.1) is 0 Å². The van der Waals surface area contributed by atoms with E-state index in [1.165, 1.54) is 12.2 Å². The predicted molar refractivity (Wildman–Crippen MR) is 60.6 cm³/mol. The first-order chi connectivity index (χ1) is 6.75. The molecule has 2 unspecified atom stereocenters. The topological polar surface area (TPSA) is 25.2 Å². The summed E-state index contributed by atoms with van der Waals surface area (Å²) in [5, 5.41) is 4.29. The van der Waals surface area contributed by atoms with Crippen molar-refractivity contribution in [3.63, 3.8) is 0 Å². The Morgan fingerprint density at radius 3 is 3.00 bits per heavy atom. The summed E-state index contributed by atoms with van der Waals surface area (Å²) in [5.74, 6) is 3.33. The van der Waals surface area contributed by atoms with Crippen LogP contribution in [0.15, 0.2) is 16.5 Å². The van der Waals surface area contributed by atoms with Crippen LogP contribution in [0.1, 0.15) is 24.9 Å². The van der Waals surface area contributed by atoms with E-state index in [9.17, 15) is 0 Å². The van der Waals surface area contributed by atoms with Gasteiger partial charge in [-0.25, -0.2) is 0 Å². The van der Waals surface area contributed by atoms with Gasteiger partial charge in [-0.2, -0.15) is 11.8 Å². The molecular weight excluding hydrogens is 194 g/mol. The number of hydrogen-bond donors (Lipinski definition) is 1. The minimum absolute atomic E-state index is 0.658. The highest BCUT2D eigenvalue weighted by molar-refractivity contribution is 8.00. The van der Waals surface area contributed by atoms with E-state index in [2.05, 4.69) is 30.1 Å². The van der Waals surface area contributed by atoms with E-state index in [1.54, 1.807) is 0 Å². The second kappa shape index (κ2) is 4.41. The molecule has 2 nitrogen and oxygen atoms in total. The summed E-state index contributed by atoms with van der Waals surface area (Å²) in [7, 11) is 0. The van der Waals surface area contributed by atoms with Gasteiger partial charge < -0.3 is 9.73 Å². The third-order valence-corrected chi connectivity index (χ3v) is 4.04. The van der Waals surface area contributed by atoms with Crippen LogP contribution in [-0.2, 0) is 6.54 Å². The van der Waals surface area contributed by atoms with Crippen LogP contribution in [0.5, 0.6) is 0 Å². The zero-order valence-corrected chi connectivity index (χ0v) is 9.56. The fourth-order valence-electron chi connectivity index (χ4n) is 1.81. The van der Waals surface area contributed by atoms with E-state index in [-0.39, 0.29) is 0 Å². The predicted octanol–water partition coefficient (Wildman–Crippen LogP) is 2.57. The Labute approximate surface area is 89.4 Å². The number of thioether (sulfide) groups is 1. The fourth-order valence-corrected chi connectivity index (χ4v) is 3.04. The van der Waals surface area contributed by atoms with Crippen molar-refractivity contribution < 1.29 is 4.42 Å². The normalized spacial score (nSPS) is 27.0. The van der Waals surface area contributed by atoms with Crippen molar-refractivity contribution in [2.24, 2.45) is 0 Å². The van der Waals surface area contributed by atoms with Gasteiger partial charge >= 0.3 is 0 Å². The van der Waals surface area contributed by atoms with Gasteiger partial charge in [-0.05, 0) is 31.2 Å². The summed E-state index contributed by atoms with van der Waals surface area (Å²) >= 11 is 2.05. The van der Waals surface area contributed by atoms with Crippen molar-refractivity contribution in [2.45, 2.75) is 38.1 Å². The van der Waals surface area contributed by atoms with Gasteiger partial charge in [0.25, 0.3) is 0 Å². The second-order valence-electron chi connectivity index (χ2n) is 3.86. The summed E-state index contributed by atoms with van der Waals surface area (Å²) in [6.45, 7) is 5.14. The molecular formula is C11H17NOS. The maximum absolute atomic E-state index is 5.51. The minimum Gasteiger partial charge on any atom is -0.465 e. The van der Waals surface area contributed by atoms with E-state index in [0.717, 1.165) is 23.3 Å². The highest BCUT2D eigenvalue weighted by Crippen LogP contribution is 2.26. The quantitative estimate of drug-likeness (QED) is 0.832. The highest BCUT2D eigenvalue weighted by Gasteiger charge is 2.23. The van der Waals surface area contributed by atoms with Crippen LogP contribution in [0, 0.1) is 6.92 Å². The molecule has 0 radical (unpaired) electrons. The Balaban J connectivity index is 1.82. The molecule has 3 heteroatoms. The van der Waals surface area contributed by atoms with Crippen molar-refractivity contribution in [3.05, 3.63) is 23.7 Å². The third-order valence-electron chi connectivity index (χ3n) is 2.71. The molecule has 1 aromatic heterocycles. The first-order valence-corrected chi connectivity index (χ1v) is 6.21. The minimum atomic E-state index is 0.658. The Bertz CT molecular complexity index is 297. The zero-order chi connectivity index (χ0) is 9.97. The van der Waals surface area contributed by atoms with Crippen LogP contribution in [0.3, 0.4) is 0 Å². The van der Waals surface area contributed by atoms with E-state index in [0.29, 0.717) is 6.04 Å². The molecule has 1 aliphatic heterocycles. The van der Waals surface area contributed by atoms with Gasteiger partial charge in [0.05, 0.1) is 6.54 Å². The molecule has 1 fully saturated rings. The Morgan fingerprint density at radius 2 is 2.43 bits per heavy atom. The van der Waals surface area contributed by atoms with Crippen LogP contribution in [-0.4, -0.2) is 17.0 Å². The summed E-state index contributed by atoms with van der Waals surface area (Å²) < 4.78 is 5.51. The van der Waals surface area contributed by atoms with Gasteiger partial charge in [-0.3, -0.25) is 0 Å². The number of rotatable bonds is 3. The lowest BCUT2D eigenvalue weighted by Crippen LogP contribution is -2.32. The molecule has 2 rings (SSSR count). The molecule has 78 valence electrons.